The number of nitrogens with zero attached hydrogens (tertiary/aromatic N) is 3. The van der Waals surface area contributed by atoms with Crippen molar-refractivity contribution in [2.24, 2.45) is 0 Å². The van der Waals surface area contributed by atoms with E-state index in [0.717, 1.165) is 11.6 Å². The predicted molar refractivity (Wildman–Crippen MR) is 124 cm³/mol. The fraction of sp³-hybridized carbons (Fsp3) is 0.250. The molecule has 1 fully saturated rings. The first-order chi connectivity index (χ1) is 17.3. The molecule has 9 nitrogen and oxygen atoms in total. The van der Waals surface area contributed by atoms with Gasteiger partial charge in [-0.3, -0.25) is 19.5 Å². The first-order valence-corrected chi connectivity index (χ1v) is 11.0. The number of carbonyl (C=O) groups is 2. The van der Waals surface area contributed by atoms with Crippen molar-refractivity contribution in [2.75, 3.05) is 43.5 Å². The molecular formula is C24H22F3N5O4. The summed E-state index contributed by atoms with van der Waals surface area (Å²) in [5, 5.41) is 4.98. The number of alkyl halides is 3. The van der Waals surface area contributed by atoms with Crippen molar-refractivity contribution in [1.29, 1.82) is 0 Å². The largest absolute Gasteiger partial charge is 0.573 e. The van der Waals surface area contributed by atoms with E-state index in [0.29, 0.717) is 32.0 Å². The third kappa shape index (κ3) is 6.99. The standard InChI is InChI=1S/C24H22F3N5O4/c25-24(26,27)36-21-7-6-17(12-18(21)31-22(33)15-32-8-10-35-11-9-32)30-23(34)20-14-28-19(13-29-20)16-4-2-1-3-5-16/h1-7,12-14H,8-11,15H2,(H,30,34)(H,31,33). The van der Waals surface area contributed by atoms with Crippen LogP contribution in [0.1, 0.15) is 10.5 Å². The van der Waals surface area contributed by atoms with Crippen LogP contribution < -0.4 is 15.4 Å². The van der Waals surface area contributed by atoms with Crippen LogP contribution in [0.25, 0.3) is 11.3 Å². The number of hydrogen-bond acceptors (Lipinski definition) is 7. The molecule has 0 aliphatic carbocycles. The van der Waals surface area contributed by atoms with Crippen LogP contribution in [-0.4, -0.2) is 65.9 Å². The molecule has 2 amide bonds. The highest BCUT2D eigenvalue weighted by Crippen LogP contribution is 2.33. The lowest BCUT2D eigenvalue weighted by atomic mass is 10.2. The van der Waals surface area contributed by atoms with Crippen molar-refractivity contribution in [2.45, 2.75) is 6.36 Å². The summed E-state index contributed by atoms with van der Waals surface area (Å²) < 4.78 is 47.9. The normalized spacial score (nSPS) is 14.2. The molecule has 2 aromatic carbocycles. The summed E-state index contributed by atoms with van der Waals surface area (Å²) in [6.45, 7) is 1.95. The summed E-state index contributed by atoms with van der Waals surface area (Å²) in [6, 6.07) is 12.7. The Labute approximate surface area is 204 Å². The van der Waals surface area contributed by atoms with Crippen LogP contribution in [0.3, 0.4) is 0 Å². The molecule has 188 valence electrons. The quantitative estimate of drug-likeness (QED) is 0.510. The van der Waals surface area contributed by atoms with Crippen LogP contribution in [0.2, 0.25) is 0 Å². The van der Waals surface area contributed by atoms with Crippen molar-refractivity contribution in [3.05, 3.63) is 66.6 Å². The maximum absolute atomic E-state index is 12.9. The van der Waals surface area contributed by atoms with Gasteiger partial charge in [0.05, 0.1) is 43.5 Å². The summed E-state index contributed by atoms with van der Waals surface area (Å²) in [7, 11) is 0. The zero-order chi connectivity index (χ0) is 25.5. The van der Waals surface area contributed by atoms with Crippen LogP contribution in [-0.2, 0) is 9.53 Å². The highest BCUT2D eigenvalue weighted by molar-refractivity contribution is 6.03. The lowest BCUT2D eigenvalue weighted by Gasteiger charge is -2.26. The smallest absolute Gasteiger partial charge is 0.404 e. The van der Waals surface area contributed by atoms with Gasteiger partial charge in [0.25, 0.3) is 5.91 Å². The molecule has 0 saturated carbocycles. The van der Waals surface area contributed by atoms with Gasteiger partial charge < -0.3 is 20.1 Å². The van der Waals surface area contributed by atoms with E-state index in [1.165, 1.54) is 24.5 Å². The second kappa shape index (κ2) is 11.1. The zero-order valence-corrected chi connectivity index (χ0v) is 18.9. The van der Waals surface area contributed by atoms with Gasteiger partial charge >= 0.3 is 6.36 Å². The molecule has 0 spiro atoms. The SMILES string of the molecule is O=C(CN1CCOCC1)Nc1cc(NC(=O)c2cnc(-c3ccccc3)cn2)ccc1OC(F)(F)F. The number of morpholine rings is 1. The Morgan fingerprint density at radius 1 is 1.00 bits per heavy atom. The molecule has 12 heteroatoms. The first kappa shape index (κ1) is 25.1. The van der Waals surface area contributed by atoms with Crippen LogP contribution in [0.15, 0.2) is 60.9 Å². The van der Waals surface area contributed by atoms with Crippen molar-refractivity contribution < 1.29 is 32.2 Å². The van der Waals surface area contributed by atoms with Gasteiger partial charge in [0.15, 0.2) is 5.75 Å². The second-order valence-electron chi connectivity index (χ2n) is 7.80. The molecule has 36 heavy (non-hydrogen) atoms. The summed E-state index contributed by atoms with van der Waals surface area (Å²) >= 11 is 0. The molecule has 2 N–H and O–H groups in total. The average molecular weight is 501 g/mol. The van der Waals surface area contributed by atoms with E-state index < -0.39 is 23.9 Å². The molecule has 2 heterocycles. The molecule has 0 radical (unpaired) electrons. The number of amides is 2. The molecule has 1 aliphatic heterocycles. The van der Waals surface area contributed by atoms with Crippen molar-refractivity contribution in [1.82, 2.24) is 14.9 Å². The van der Waals surface area contributed by atoms with Gasteiger partial charge in [-0.05, 0) is 18.2 Å². The Morgan fingerprint density at radius 3 is 2.42 bits per heavy atom. The third-order valence-electron chi connectivity index (χ3n) is 5.16. The van der Waals surface area contributed by atoms with E-state index in [4.69, 9.17) is 4.74 Å². The molecular weight excluding hydrogens is 479 g/mol. The number of nitrogens with one attached hydrogen (secondary N) is 2. The number of hydrogen-bond donors (Lipinski definition) is 2. The third-order valence-corrected chi connectivity index (χ3v) is 5.16. The average Bonchev–Trinajstić information content (AvgIpc) is 2.86. The van der Waals surface area contributed by atoms with Gasteiger partial charge in [-0.1, -0.05) is 30.3 Å². The van der Waals surface area contributed by atoms with Gasteiger partial charge in [-0.15, -0.1) is 13.2 Å². The van der Waals surface area contributed by atoms with Crippen LogP contribution in [0.5, 0.6) is 5.75 Å². The van der Waals surface area contributed by atoms with E-state index in [1.807, 2.05) is 35.2 Å². The second-order valence-corrected chi connectivity index (χ2v) is 7.80. The van der Waals surface area contributed by atoms with Crippen molar-refractivity contribution in [3.63, 3.8) is 0 Å². The Morgan fingerprint density at radius 2 is 1.75 bits per heavy atom. The van der Waals surface area contributed by atoms with Crippen LogP contribution >= 0.6 is 0 Å². The number of anilines is 2. The summed E-state index contributed by atoms with van der Waals surface area (Å²) in [5.41, 5.74) is 1.29. The fourth-order valence-electron chi connectivity index (χ4n) is 3.47. The van der Waals surface area contributed by atoms with Crippen molar-refractivity contribution >= 4 is 23.2 Å². The van der Waals surface area contributed by atoms with Crippen LogP contribution in [0.4, 0.5) is 24.5 Å². The summed E-state index contributed by atoms with van der Waals surface area (Å²) in [6.07, 6.45) is -2.23. The number of aromatic nitrogens is 2. The highest BCUT2D eigenvalue weighted by atomic mass is 19.4. The number of carbonyl (C=O) groups excluding carboxylic acids is 2. The number of ether oxygens (including phenoxy) is 2. The summed E-state index contributed by atoms with van der Waals surface area (Å²) in [5.74, 6) is -1.77. The Hall–Kier alpha value is -4.03. The number of halogens is 3. The Bertz CT molecular complexity index is 1200. The van der Waals surface area contributed by atoms with Crippen molar-refractivity contribution in [3.8, 4) is 17.0 Å². The topological polar surface area (TPSA) is 106 Å². The van der Waals surface area contributed by atoms with Gasteiger partial charge in [-0.25, -0.2) is 4.98 Å². The predicted octanol–water partition coefficient (Wildman–Crippen LogP) is 3.57. The molecule has 4 rings (SSSR count). The lowest BCUT2D eigenvalue weighted by Crippen LogP contribution is -2.41. The minimum atomic E-state index is -4.97. The molecule has 1 saturated heterocycles. The lowest BCUT2D eigenvalue weighted by molar-refractivity contribution is -0.274. The minimum Gasteiger partial charge on any atom is -0.404 e. The molecule has 0 atom stereocenters. The molecule has 0 unspecified atom stereocenters. The van der Waals surface area contributed by atoms with Gasteiger partial charge in [0, 0.05) is 24.3 Å². The fourth-order valence-corrected chi connectivity index (χ4v) is 3.47. The molecule has 1 aliphatic rings. The highest BCUT2D eigenvalue weighted by Gasteiger charge is 2.32. The molecule has 0 bridgehead atoms. The van der Waals surface area contributed by atoms with E-state index in [-0.39, 0.29) is 23.6 Å². The maximum atomic E-state index is 12.9. The Kier molecular flexibility index (Phi) is 7.76. The Balaban J connectivity index is 1.48. The summed E-state index contributed by atoms with van der Waals surface area (Å²) in [4.78, 5) is 35.3. The molecule has 1 aromatic heterocycles. The molecule has 3 aromatic rings. The van der Waals surface area contributed by atoms with E-state index in [9.17, 15) is 22.8 Å². The van der Waals surface area contributed by atoms with E-state index in [2.05, 4.69) is 25.3 Å². The zero-order valence-electron chi connectivity index (χ0n) is 18.9. The number of benzene rings is 2. The monoisotopic (exact) mass is 501 g/mol. The van der Waals surface area contributed by atoms with Crippen LogP contribution in [0, 0.1) is 0 Å². The van der Waals surface area contributed by atoms with Gasteiger partial charge in [0.2, 0.25) is 5.91 Å². The van der Waals surface area contributed by atoms with Gasteiger partial charge in [0.1, 0.15) is 5.69 Å². The number of rotatable bonds is 7. The van der Waals surface area contributed by atoms with E-state index in [1.54, 1.807) is 0 Å². The maximum Gasteiger partial charge on any atom is 0.573 e. The van der Waals surface area contributed by atoms with E-state index >= 15 is 0 Å². The van der Waals surface area contributed by atoms with Gasteiger partial charge in [-0.2, -0.15) is 0 Å². The minimum absolute atomic E-state index is 0.00296. The first-order valence-electron chi connectivity index (χ1n) is 11.0.